The summed E-state index contributed by atoms with van der Waals surface area (Å²) in [6.45, 7) is 5.52. The molecule has 0 aliphatic carbocycles. The van der Waals surface area contributed by atoms with Crippen molar-refractivity contribution >= 4 is 11.7 Å². The van der Waals surface area contributed by atoms with E-state index < -0.39 is 0 Å². The monoisotopic (exact) mass is 317 g/mol. The van der Waals surface area contributed by atoms with Crippen LogP contribution in [0, 0.1) is 0 Å². The third-order valence-corrected chi connectivity index (χ3v) is 3.08. The van der Waals surface area contributed by atoms with Gasteiger partial charge in [-0.3, -0.25) is 4.79 Å². The number of carbonyl (C=O) groups excluding carboxylic acids is 1. The van der Waals surface area contributed by atoms with Crippen molar-refractivity contribution in [2.45, 2.75) is 6.92 Å². The van der Waals surface area contributed by atoms with Gasteiger partial charge in [-0.15, -0.1) is 0 Å². The average molecular weight is 317 g/mol. The maximum absolute atomic E-state index is 12.6. The van der Waals surface area contributed by atoms with Crippen molar-refractivity contribution in [3.05, 3.63) is 41.9 Å². The number of rotatable bonds is 7. The molecule has 2 aromatic rings. The minimum absolute atomic E-state index is 0.244. The first-order valence-electron chi connectivity index (χ1n) is 6.82. The van der Waals surface area contributed by atoms with E-state index in [2.05, 4.69) is 21.9 Å². The molecule has 0 spiro atoms. The van der Waals surface area contributed by atoms with Crippen LogP contribution in [0.2, 0.25) is 0 Å². The lowest BCUT2D eigenvalue weighted by Gasteiger charge is -2.13. The number of benzene rings is 1. The van der Waals surface area contributed by atoms with Gasteiger partial charge in [-0.2, -0.15) is 0 Å². The number of anilines is 1. The first-order valence-corrected chi connectivity index (χ1v) is 6.82. The van der Waals surface area contributed by atoms with Gasteiger partial charge in [-0.05, 0) is 19.1 Å². The van der Waals surface area contributed by atoms with Gasteiger partial charge in [-0.25, -0.2) is 4.98 Å². The minimum Gasteiger partial charge on any atom is -0.493 e. The van der Waals surface area contributed by atoms with Gasteiger partial charge in [0.2, 0.25) is 17.5 Å². The summed E-state index contributed by atoms with van der Waals surface area (Å²) in [4.78, 5) is 19.6. The lowest BCUT2D eigenvalue weighted by atomic mass is 10.1. The Morgan fingerprint density at radius 2 is 1.78 bits per heavy atom. The second kappa shape index (κ2) is 6.87. The molecule has 122 valence electrons. The summed E-state index contributed by atoms with van der Waals surface area (Å²) in [5.74, 6) is 1.46. The fourth-order valence-electron chi connectivity index (χ4n) is 2.07. The Hall–Kier alpha value is -2.96. The molecular formula is C16H19N3O4. The van der Waals surface area contributed by atoms with Crippen molar-refractivity contribution in [2.75, 3.05) is 26.6 Å². The number of hydrogen-bond acceptors (Lipinski definition) is 6. The van der Waals surface area contributed by atoms with Gasteiger partial charge in [-0.1, -0.05) is 6.58 Å². The van der Waals surface area contributed by atoms with E-state index in [-0.39, 0.29) is 5.78 Å². The first kappa shape index (κ1) is 16.4. The van der Waals surface area contributed by atoms with Gasteiger partial charge in [0.1, 0.15) is 5.69 Å². The molecule has 2 rings (SSSR count). The van der Waals surface area contributed by atoms with Crippen LogP contribution in [0.5, 0.6) is 17.2 Å². The van der Waals surface area contributed by atoms with Crippen LogP contribution >= 0.6 is 0 Å². The standard InChI is InChI=1S/C16H19N3O4/c1-9(2)18-16-17-8-11(19-16)14(20)10-6-12(21-3)15(23-5)13(7-10)22-4/h6-8H,1H2,2-5H3,(H2,17,18,19). The number of allylic oxidation sites excluding steroid dienone is 1. The zero-order valence-corrected chi connectivity index (χ0v) is 13.5. The van der Waals surface area contributed by atoms with Crippen LogP contribution in [0.25, 0.3) is 0 Å². The smallest absolute Gasteiger partial charge is 0.211 e. The molecule has 7 heteroatoms. The predicted molar refractivity (Wildman–Crippen MR) is 86.6 cm³/mol. The largest absolute Gasteiger partial charge is 0.493 e. The van der Waals surface area contributed by atoms with Crippen molar-refractivity contribution in [2.24, 2.45) is 0 Å². The lowest BCUT2D eigenvalue weighted by molar-refractivity contribution is 0.103. The van der Waals surface area contributed by atoms with Gasteiger partial charge in [0.25, 0.3) is 0 Å². The average Bonchev–Trinajstić information content (AvgIpc) is 3.00. The van der Waals surface area contributed by atoms with E-state index in [1.807, 2.05) is 0 Å². The van der Waals surface area contributed by atoms with Crippen LogP contribution in [0.15, 0.2) is 30.6 Å². The van der Waals surface area contributed by atoms with E-state index in [9.17, 15) is 4.79 Å². The number of nitrogens with zero attached hydrogens (tertiary/aromatic N) is 1. The summed E-state index contributed by atoms with van der Waals surface area (Å²) < 4.78 is 15.8. The van der Waals surface area contributed by atoms with Gasteiger partial charge < -0.3 is 24.5 Å². The number of nitrogens with one attached hydrogen (secondary N) is 2. The van der Waals surface area contributed by atoms with E-state index in [0.717, 1.165) is 0 Å². The summed E-state index contributed by atoms with van der Waals surface area (Å²) in [5, 5.41) is 2.91. The number of imidazole rings is 1. The Balaban J connectivity index is 2.39. The summed E-state index contributed by atoms with van der Waals surface area (Å²) in [6, 6.07) is 3.19. The van der Waals surface area contributed by atoms with Crippen molar-refractivity contribution in [1.29, 1.82) is 0 Å². The molecule has 0 unspecified atom stereocenters. The number of ether oxygens (including phenoxy) is 3. The number of aromatic amines is 1. The molecular weight excluding hydrogens is 298 g/mol. The van der Waals surface area contributed by atoms with Gasteiger partial charge in [0.15, 0.2) is 11.5 Å². The number of aromatic nitrogens is 2. The molecule has 7 nitrogen and oxygen atoms in total. The molecule has 0 saturated heterocycles. The van der Waals surface area contributed by atoms with E-state index in [0.29, 0.717) is 40.2 Å². The molecule has 0 atom stereocenters. The Labute approximate surface area is 134 Å². The molecule has 0 radical (unpaired) electrons. The number of methoxy groups -OCH3 is 3. The maximum Gasteiger partial charge on any atom is 0.211 e. The fraction of sp³-hybridized carbons (Fsp3) is 0.250. The highest BCUT2D eigenvalue weighted by molar-refractivity contribution is 6.08. The van der Waals surface area contributed by atoms with Crippen LogP contribution in [0.1, 0.15) is 23.0 Å². The molecule has 0 bridgehead atoms. The van der Waals surface area contributed by atoms with Gasteiger partial charge in [0.05, 0.1) is 27.5 Å². The number of ketones is 1. The van der Waals surface area contributed by atoms with Crippen LogP contribution in [0.3, 0.4) is 0 Å². The number of H-pyrrole nitrogens is 1. The molecule has 0 aliphatic rings. The Morgan fingerprint density at radius 1 is 1.17 bits per heavy atom. The second-order valence-electron chi connectivity index (χ2n) is 4.79. The lowest BCUT2D eigenvalue weighted by Crippen LogP contribution is -2.05. The quantitative estimate of drug-likeness (QED) is 0.764. The van der Waals surface area contributed by atoms with Crippen molar-refractivity contribution in [3.63, 3.8) is 0 Å². The van der Waals surface area contributed by atoms with Crippen LogP contribution in [-0.2, 0) is 0 Å². The summed E-state index contributed by atoms with van der Waals surface area (Å²) in [7, 11) is 4.50. The number of hydrogen-bond donors (Lipinski definition) is 2. The Morgan fingerprint density at radius 3 is 2.26 bits per heavy atom. The van der Waals surface area contributed by atoms with E-state index in [1.54, 1.807) is 19.1 Å². The normalized spacial score (nSPS) is 10.1. The summed E-state index contributed by atoms with van der Waals surface area (Å²) in [5.41, 5.74) is 1.44. The van der Waals surface area contributed by atoms with Gasteiger partial charge in [0, 0.05) is 11.3 Å². The zero-order chi connectivity index (χ0) is 17.0. The third kappa shape index (κ3) is 3.45. The van der Waals surface area contributed by atoms with Gasteiger partial charge >= 0.3 is 0 Å². The Bertz CT molecular complexity index is 712. The maximum atomic E-state index is 12.6. The molecule has 0 saturated carbocycles. The third-order valence-electron chi connectivity index (χ3n) is 3.08. The minimum atomic E-state index is -0.244. The molecule has 1 aromatic carbocycles. The van der Waals surface area contributed by atoms with Crippen molar-refractivity contribution < 1.29 is 19.0 Å². The topological polar surface area (TPSA) is 85.5 Å². The van der Waals surface area contributed by atoms with Crippen LogP contribution in [0.4, 0.5) is 5.95 Å². The van der Waals surface area contributed by atoms with Crippen LogP contribution < -0.4 is 19.5 Å². The highest BCUT2D eigenvalue weighted by Crippen LogP contribution is 2.38. The molecule has 0 aliphatic heterocycles. The molecule has 0 fully saturated rings. The Kier molecular flexibility index (Phi) is 4.90. The SMILES string of the molecule is C=C(C)Nc1ncc(C(=O)c2cc(OC)c(OC)c(OC)c2)[nH]1. The molecule has 23 heavy (non-hydrogen) atoms. The predicted octanol–water partition coefficient (Wildman–Crippen LogP) is 2.61. The van der Waals surface area contributed by atoms with Crippen molar-refractivity contribution in [1.82, 2.24) is 9.97 Å². The van der Waals surface area contributed by atoms with Crippen LogP contribution in [-0.4, -0.2) is 37.1 Å². The molecule has 2 N–H and O–H groups in total. The summed E-state index contributed by atoms with van der Waals surface area (Å²) >= 11 is 0. The summed E-state index contributed by atoms with van der Waals surface area (Å²) in [6.07, 6.45) is 1.46. The zero-order valence-electron chi connectivity index (χ0n) is 13.5. The first-order chi connectivity index (χ1) is 11.0. The van der Waals surface area contributed by atoms with E-state index >= 15 is 0 Å². The van der Waals surface area contributed by atoms with Crippen molar-refractivity contribution in [3.8, 4) is 17.2 Å². The van der Waals surface area contributed by atoms with E-state index in [4.69, 9.17) is 14.2 Å². The molecule has 0 amide bonds. The highest BCUT2D eigenvalue weighted by Gasteiger charge is 2.19. The molecule has 1 heterocycles. The second-order valence-corrected chi connectivity index (χ2v) is 4.79. The highest BCUT2D eigenvalue weighted by atomic mass is 16.5. The fourth-order valence-corrected chi connectivity index (χ4v) is 2.07. The number of carbonyl (C=O) groups is 1. The van der Waals surface area contributed by atoms with E-state index in [1.165, 1.54) is 27.5 Å². The molecule has 1 aromatic heterocycles.